The number of rotatable bonds is 2. The number of H-pyrrole nitrogens is 1. The molecule has 1 saturated carbocycles. The van der Waals surface area contributed by atoms with Crippen LogP contribution in [0.4, 0.5) is 4.79 Å². The molecule has 4 rings (SSSR count). The van der Waals surface area contributed by atoms with E-state index in [1.54, 1.807) is 4.90 Å². The second kappa shape index (κ2) is 5.81. The molecular weight excluding hydrogens is 306 g/mol. The van der Waals surface area contributed by atoms with Crippen LogP contribution in [0.3, 0.4) is 0 Å². The number of nitrogens with one attached hydrogen (secondary N) is 1. The van der Waals surface area contributed by atoms with Gasteiger partial charge in [-0.25, -0.2) is 14.8 Å². The summed E-state index contributed by atoms with van der Waals surface area (Å²) in [6, 6.07) is 2.70. The summed E-state index contributed by atoms with van der Waals surface area (Å²) in [6.45, 7) is 0. The van der Waals surface area contributed by atoms with Crippen LogP contribution in [0.15, 0.2) is 24.8 Å². The molecule has 7 heteroatoms. The van der Waals surface area contributed by atoms with Gasteiger partial charge in [-0.15, -0.1) is 0 Å². The Bertz CT molecular complexity index is 876. The van der Waals surface area contributed by atoms with Gasteiger partial charge in [0.15, 0.2) is 0 Å². The third-order valence-electron chi connectivity index (χ3n) is 5.19. The van der Waals surface area contributed by atoms with Gasteiger partial charge < -0.3 is 19.2 Å². The van der Waals surface area contributed by atoms with Gasteiger partial charge in [0.05, 0.1) is 25.2 Å². The van der Waals surface area contributed by atoms with Crippen LogP contribution < -0.4 is 0 Å². The van der Waals surface area contributed by atoms with Crippen LogP contribution in [-0.4, -0.2) is 50.7 Å². The molecule has 24 heavy (non-hydrogen) atoms. The van der Waals surface area contributed by atoms with Crippen LogP contribution in [0.25, 0.3) is 22.1 Å². The summed E-state index contributed by atoms with van der Waals surface area (Å²) in [5.74, 6) is 0. The van der Waals surface area contributed by atoms with Gasteiger partial charge in [0.25, 0.3) is 0 Å². The highest BCUT2D eigenvalue weighted by molar-refractivity contribution is 6.00. The van der Waals surface area contributed by atoms with Gasteiger partial charge in [-0.1, -0.05) is 0 Å². The topological polar surface area (TPSA) is 76.0 Å². The number of hydrogen-bond acceptors (Lipinski definition) is 4. The zero-order valence-electron chi connectivity index (χ0n) is 13.9. The highest BCUT2D eigenvalue weighted by Crippen LogP contribution is 2.34. The molecule has 1 amide bonds. The molecule has 1 fully saturated rings. The van der Waals surface area contributed by atoms with Crippen molar-refractivity contribution in [1.82, 2.24) is 24.4 Å². The average Bonchev–Trinajstić information content (AvgIpc) is 3.26. The van der Waals surface area contributed by atoms with E-state index in [-0.39, 0.29) is 12.1 Å². The summed E-state index contributed by atoms with van der Waals surface area (Å²) in [5.41, 5.74) is 2.96. The molecule has 3 heterocycles. The van der Waals surface area contributed by atoms with Crippen LogP contribution in [0, 0.1) is 0 Å². The lowest BCUT2D eigenvalue weighted by atomic mass is 9.90. The first-order valence-electron chi connectivity index (χ1n) is 8.28. The average molecular weight is 327 g/mol. The molecule has 0 saturated heterocycles. The number of methoxy groups -OCH3 is 1. The smallest absolute Gasteiger partial charge is 0.409 e. The van der Waals surface area contributed by atoms with E-state index in [9.17, 15) is 4.79 Å². The number of nitrogens with zero attached hydrogens (tertiary/aromatic N) is 4. The lowest BCUT2D eigenvalue weighted by Crippen LogP contribution is -2.39. The molecule has 0 aliphatic heterocycles. The number of ether oxygens (including phenoxy) is 1. The molecule has 0 radical (unpaired) electrons. The van der Waals surface area contributed by atoms with Gasteiger partial charge >= 0.3 is 6.09 Å². The van der Waals surface area contributed by atoms with Gasteiger partial charge in [-0.05, 0) is 31.7 Å². The van der Waals surface area contributed by atoms with E-state index in [4.69, 9.17) is 4.74 Å². The number of imidazole rings is 1. The third-order valence-corrected chi connectivity index (χ3v) is 5.19. The molecule has 7 nitrogen and oxygen atoms in total. The zero-order valence-corrected chi connectivity index (χ0v) is 13.9. The van der Waals surface area contributed by atoms with Gasteiger partial charge in [-0.3, -0.25) is 0 Å². The summed E-state index contributed by atoms with van der Waals surface area (Å²) in [7, 11) is 3.25. The largest absolute Gasteiger partial charge is 0.453 e. The number of carbonyl (C=O) groups excluding carboxylic acids is 1. The molecule has 126 valence electrons. The molecule has 0 spiro atoms. The van der Waals surface area contributed by atoms with Crippen LogP contribution in [0.5, 0.6) is 0 Å². The Morgan fingerprint density at radius 2 is 2.12 bits per heavy atom. The van der Waals surface area contributed by atoms with Crippen LogP contribution in [-0.2, 0) is 4.74 Å². The molecule has 3 aromatic rings. The summed E-state index contributed by atoms with van der Waals surface area (Å²) in [6.07, 6.45) is 9.38. The minimum atomic E-state index is -0.258. The molecule has 0 aromatic carbocycles. The van der Waals surface area contributed by atoms with E-state index in [1.165, 1.54) is 7.11 Å². The van der Waals surface area contributed by atoms with Crippen molar-refractivity contribution >= 4 is 28.2 Å². The van der Waals surface area contributed by atoms with E-state index in [0.717, 1.165) is 47.8 Å². The summed E-state index contributed by atoms with van der Waals surface area (Å²) < 4.78 is 7.10. The molecule has 0 atom stereocenters. The van der Waals surface area contributed by atoms with Crippen molar-refractivity contribution in [3.05, 3.63) is 24.8 Å². The lowest BCUT2D eigenvalue weighted by Gasteiger charge is -2.34. The number of aromatic amines is 1. The van der Waals surface area contributed by atoms with Gasteiger partial charge in [0, 0.05) is 30.7 Å². The van der Waals surface area contributed by atoms with Crippen molar-refractivity contribution in [2.24, 2.45) is 0 Å². The Morgan fingerprint density at radius 3 is 2.88 bits per heavy atom. The molecule has 1 aliphatic carbocycles. The Kier molecular flexibility index (Phi) is 3.63. The van der Waals surface area contributed by atoms with Crippen LogP contribution in [0.1, 0.15) is 31.7 Å². The van der Waals surface area contributed by atoms with Crippen molar-refractivity contribution in [1.29, 1.82) is 0 Å². The fourth-order valence-corrected chi connectivity index (χ4v) is 3.82. The maximum atomic E-state index is 11.7. The van der Waals surface area contributed by atoms with E-state index < -0.39 is 0 Å². The quantitative estimate of drug-likeness (QED) is 0.785. The standard InChI is InChI=1S/C17H21N5O2/c1-21(17(23)24-2)11-3-5-12(6-4-11)22-10-20-14-9-19-16-13(15(14)22)7-8-18-16/h7-12H,3-6H2,1-2H3,(H,18,19)/t11-,12-. The van der Waals surface area contributed by atoms with Crippen molar-refractivity contribution < 1.29 is 9.53 Å². The number of carbonyl (C=O) groups is 1. The molecule has 1 aliphatic rings. The predicted molar refractivity (Wildman–Crippen MR) is 90.8 cm³/mol. The Morgan fingerprint density at radius 1 is 1.33 bits per heavy atom. The fraction of sp³-hybridized carbons (Fsp3) is 0.471. The van der Waals surface area contributed by atoms with Gasteiger partial charge in [0.2, 0.25) is 0 Å². The lowest BCUT2D eigenvalue weighted by molar-refractivity contribution is 0.102. The Balaban J connectivity index is 1.59. The Hall–Kier alpha value is -2.57. The number of fused-ring (bicyclic) bond motifs is 3. The number of aromatic nitrogens is 4. The monoisotopic (exact) mass is 327 g/mol. The second-order valence-corrected chi connectivity index (χ2v) is 6.43. The van der Waals surface area contributed by atoms with E-state index in [0.29, 0.717) is 6.04 Å². The SMILES string of the molecule is COC(=O)N(C)[C@H]1CC[C@H](n2cnc3cnc4[nH]ccc4c32)CC1. The number of amides is 1. The van der Waals surface area contributed by atoms with Crippen molar-refractivity contribution in [2.45, 2.75) is 37.8 Å². The molecular formula is C17H21N5O2. The van der Waals surface area contributed by atoms with Crippen molar-refractivity contribution in [2.75, 3.05) is 14.2 Å². The summed E-state index contributed by atoms with van der Waals surface area (Å²) in [4.78, 5) is 25.5. The molecule has 1 N–H and O–H groups in total. The predicted octanol–water partition coefficient (Wildman–Crippen LogP) is 3.09. The van der Waals surface area contributed by atoms with E-state index >= 15 is 0 Å². The molecule has 0 bridgehead atoms. The van der Waals surface area contributed by atoms with Gasteiger partial charge in [-0.2, -0.15) is 0 Å². The zero-order chi connectivity index (χ0) is 16.7. The van der Waals surface area contributed by atoms with Crippen LogP contribution >= 0.6 is 0 Å². The normalized spacial score (nSPS) is 21.2. The van der Waals surface area contributed by atoms with E-state index in [2.05, 4.69) is 25.6 Å². The van der Waals surface area contributed by atoms with Crippen molar-refractivity contribution in [3.63, 3.8) is 0 Å². The number of hydrogen-bond donors (Lipinski definition) is 1. The second-order valence-electron chi connectivity index (χ2n) is 6.43. The maximum Gasteiger partial charge on any atom is 0.409 e. The highest BCUT2D eigenvalue weighted by Gasteiger charge is 2.28. The summed E-state index contributed by atoms with van der Waals surface area (Å²) in [5, 5.41) is 1.11. The summed E-state index contributed by atoms with van der Waals surface area (Å²) >= 11 is 0. The minimum absolute atomic E-state index is 0.248. The van der Waals surface area contributed by atoms with Crippen molar-refractivity contribution in [3.8, 4) is 0 Å². The van der Waals surface area contributed by atoms with Gasteiger partial charge in [0.1, 0.15) is 11.2 Å². The fourth-order valence-electron chi connectivity index (χ4n) is 3.82. The maximum absolute atomic E-state index is 11.7. The number of pyridine rings is 1. The molecule has 3 aromatic heterocycles. The first-order valence-corrected chi connectivity index (χ1v) is 8.28. The minimum Gasteiger partial charge on any atom is -0.453 e. The third kappa shape index (κ3) is 2.31. The first-order chi connectivity index (χ1) is 11.7. The van der Waals surface area contributed by atoms with Crippen LogP contribution in [0.2, 0.25) is 0 Å². The first kappa shape index (κ1) is 15.0. The Labute approximate surface area is 139 Å². The highest BCUT2D eigenvalue weighted by atomic mass is 16.5. The van der Waals surface area contributed by atoms with E-state index in [1.807, 2.05) is 25.8 Å². The molecule has 0 unspecified atom stereocenters.